The van der Waals surface area contributed by atoms with Crippen LogP contribution in [0.2, 0.25) is 0 Å². The van der Waals surface area contributed by atoms with Crippen LogP contribution in [0.4, 0.5) is 0 Å². The fourth-order valence-corrected chi connectivity index (χ4v) is 2.68. The van der Waals surface area contributed by atoms with Crippen molar-refractivity contribution in [1.82, 2.24) is 10.2 Å². The van der Waals surface area contributed by atoms with E-state index < -0.39 is 0 Å². The minimum Gasteiger partial charge on any atom is -0.356 e. The molecule has 3 nitrogen and oxygen atoms in total. The quantitative estimate of drug-likeness (QED) is 0.709. The summed E-state index contributed by atoms with van der Waals surface area (Å²) in [6, 6.07) is 0. The third-order valence-electron chi connectivity index (χ3n) is 4.01. The molecule has 0 radical (unpaired) electrons. The summed E-state index contributed by atoms with van der Waals surface area (Å²) in [5.41, 5.74) is 0. The van der Waals surface area contributed by atoms with Crippen LogP contribution in [0.1, 0.15) is 58.8 Å². The van der Waals surface area contributed by atoms with Gasteiger partial charge in [-0.2, -0.15) is 0 Å². The number of likely N-dealkylation sites (tertiary alicyclic amines) is 1. The van der Waals surface area contributed by atoms with Gasteiger partial charge in [-0.1, -0.05) is 26.7 Å². The lowest BCUT2D eigenvalue weighted by Crippen LogP contribution is -2.33. The van der Waals surface area contributed by atoms with Crippen LogP contribution in [-0.4, -0.2) is 37.0 Å². The highest BCUT2D eigenvalue weighted by atomic mass is 16.1. The molecule has 0 spiro atoms. The zero-order chi connectivity index (χ0) is 13.2. The van der Waals surface area contributed by atoms with E-state index in [1.807, 2.05) is 0 Å². The van der Waals surface area contributed by atoms with Crippen LogP contribution in [0.3, 0.4) is 0 Å². The zero-order valence-corrected chi connectivity index (χ0v) is 12.2. The van der Waals surface area contributed by atoms with E-state index in [0.717, 1.165) is 32.4 Å². The maximum Gasteiger partial charge on any atom is 0.223 e. The molecule has 1 heterocycles. The Kier molecular flexibility index (Phi) is 8.06. The molecule has 0 aromatic rings. The van der Waals surface area contributed by atoms with Gasteiger partial charge in [-0.3, -0.25) is 4.79 Å². The average molecular weight is 254 g/mol. The Labute approximate surface area is 112 Å². The summed E-state index contributed by atoms with van der Waals surface area (Å²) in [6.07, 6.45) is 8.47. The summed E-state index contributed by atoms with van der Waals surface area (Å²) in [7, 11) is 0. The Hall–Kier alpha value is -0.570. The molecule has 1 fully saturated rings. The first-order valence-corrected chi connectivity index (χ1v) is 7.78. The number of nitrogens with zero attached hydrogens (tertiary/aromatic N) is 1. The van der Waals surface area contributed by atoms with Gasteiger partial charge in [0, 0.05) is 12.5 Å². The van der Waals surface area contributed by atoms with E-state index in [2.05, 4.69) is 24.1 Å². The van der Waals surface area contributed by atoms with Crippen LogP contribution in [0, 0.1) is 5.92 Å². The van der Waals surface area contributed by atoms with Crippen LogP contribution >= 0.6 is 0 Å². The zero-order valence-electron chi connectivity index (χ0n) is 12.2. The molecule has 106 valence electrons. The van der Waals surface area contributed by atoms with Crippen molar-refractivity contribution < 1.29 is 4.79 Å². The van der Waals surface area contributed by atoms with Gasteiger partial charge < -0.3 is 10.2 Å². The van der Waals surface area contributed by atoms with E-state index in [-0.39, 0.29) is 11.8 Å². The molecule has 0 bridgehead atoms. The molecular formula is C15H30N2O. The Bertz CT molecular complexity index is 219. The molecule has 0 saturated carbocycles. The van der Waals surface area contributed by atoms with Crippen molar-refractivity contribution >= 4 is 5.91 Å². The van der Waals surface area contributed by atoms with Crippen molar-refractivity contribution in [3.05, 3.63) is 0 Å². The highest BCUT2D eigenvalue weighted by Gasteiger charge is 2.13. The molecule has 0 aromatic heterocycles. The molecule has 1 aliphatic rings. The van der Waals surface area contributed by atoms with Gasteiger partial charge in [0.2, 0.25) is 5.91 Å². The summed E-state index contributed by atoms with van der Waals surface area (Å²) in [4.78, 5) is 14.3. The highest BCUT2D eigenvalue weighted by Crippen LogP contribution is 2.10. The van der Waals surface area contributed by atoms with Gasteiger partial charge in [-0.25, -0.2) is 0 Å². The van der Waals surface area contributed by atoms with Gasteiger partial charge in [0.1, 0.15) is 0 Å². The van der Waals surface area contributed by atoms with Crippen LogP contribution in [0.25, 0.3) is 0 Å². The van der Waals surface area contributed by atoms with Crippen molar-refractivity contribution in [3.8, 4) is 0 Å². The van der Waals surface area contributed by atoms with E-state index in [9.17, 15) is 4.79 Å². The van der Waals surface area contributed by atoms with Gasteiger partial charge in [0.15, 0.2) is 0 Å². The third-order valence-corrected chi connectivity index (χ3v) is 4.01. The molecule has 18 heavy (non-hydrogen) atoms. The molecule has 0 unspecified atom stereocenters. The van der Waals surface area contributed by atoms with E-state index in [0.29, 0.717) is 0 Å². The number of carbonyl (C=O) groups excluding carboxylic acids is 1. The summed E-state index contributed by atoms with van der Waals surface area (Å²) < 4.78 is 0. The van der Waals surface area contributed by atoms with Crippen LogP contribution in [0.5, 0.6) is 0 Å². The Balaban J connectivity index is 2.08. The number of amides is 1. The second-order valence-corrected chi connectivity index (χ2v) is 5.41. The minimum atomic E-state index is 0.211. The first-order valence-electron chi connectivity index (χ1n) is 7.78. The van der Waals surface area contributed by atoms with Crippen molar-refractivity contribution in [2.24, 2.45) is 5.92 Å². The van der Waals surface area contributed by atoms with E-state index >= 15 is 0 Å². The number of hydrogen-bond acceptors (Lipinski definition) is 2. The van der Waals surface area contributed by atoms with E-state index in [1.165, 1.54) is 38.8 Å². The molecule has 1 N–H and O–H groups in total. The molecular weight excluding hydrogens is 224 g/mol. The number of carbonyl (C=O) groups is 1. The third kappa shape index (κ3) is 5.85. The Morgan fingerprint density at radius 3 is 2.28 bits per heavy atom. The summed E-state index contributed by atoms with van der Waals surface area (Å²) >= 11 is 0. The molecule has 1 aliphatic heterocycles. The lowest BCUT2D eigenvalue weighted by atomic mass is 10.0. The summed E-state index contributed by atoms with van der Waals surface area (Å²) in [5, 5.41) is 3.07. The van der Waals surface area contributed by atoms with Crippen molar-refractivity contribution in [1.29, 1.82) is 0 Å². The number of nitrogens with one attached hydrogen (secondary N) is 1. The second kappa shape index (κ2) is 9.37. The highest BCUT2D eigenvalue weighted by molar-refractivity contribution is 5.78. The first kappa shape index (κ1) is 15.5. The standard InChI is InChI=1S/C15H30N2O/c1-3-14(4-2)15(18)16-10-9-13-17-11-7-5-6-8-12-17/h14H,3-13H2,1-2H3,(H,16,18). The Morgan fingerprint density at radius 2 is 1.72 bits per heavy atom. The summed E-state index contributed by atoms with van der Waals surface area (Å²) in [6.45, 7) is 8.66. The maximum absolute atomic E-state index is 11.8. The van der Waals surface area contributed by atoms with Gasteiger partial charge in [0.05, 0.1) is 0 Å². The SMILES string of the molecule is CCC(CC)C(=O)NCCCN1CCCCCC1. The molecule has 0 aliphatic carbocycles. The summed E-state index contributed by atoms with van der Waals surface area (Å²) in [5.74, 6) is 0.457. The minimum absolute atomic E-state index is 0.211. The van der Waals surface area contributed by atoms with E-state index in [4.69, 9.17) is 0 Å². The van der Waals surface area contributed by atoms with Crippen LogP contribution in [-0.2, 0) is 4.79 Å². The maximum atomic E-state index is 11.8. The second-order valence-electron chi connectivity index (χ2n) is 5.41. The topological polar surface area (TPSA) is 32.3 Å². The number of rotatable bonds is 7. The first-order chi connectivity index (χ1) is 8.77. The molecule has 1 amide bonds. The fraction of sp³-hybridized carbons (Fsp3) is 0.933. The fourth-order valence-electron chi connectivity index (χ4n) is 2.68. The average Bonchev–Trinajstić information content (AvgIpc) is 2.65. The van der Waals surface area contributed by atoms with Crippen molar-refractivity contribution in [2.45, 2.75) is 58.8 Å². The molecule has 1 rings (SSSR count). The normalized spacial score (nSPS) is 17.7. The largest absolute Gasteiger partial charge is 0.356 e. The molecule has 1 saturated heterocycles. The lowest BCUT2D eigenvalue weighted by Gasteiger charge is -2.20. The van der Waals surface area contributed by atoms with E-state index in [1.54, 1.807) is 0 Å². The van der Waals surface area contributed by atoms with Crippen LogP contribution in [0.15, 0.2) is 0 Å². The predicted octanol–water partition coefficient (Wildman–Crippen LogP) is 2.80. The molecule has 0 atom stereocenters. The smallest absolute Gasteiger partial charge is 0.223 e. The Morgan fingerprint density at radius 1 is 1.11 bits per heavy atom. The van der Waals surface area contributed by atoms with Crippen molar-refractivity contribution in [2.75, 3.05) is 26.2 Å². The van der Waals surface area contributed by atoms with Crippen molar-refractivity contribution in [3.63, 3.8) is 0 Å². The molecule has 3 heteroatoms. The number of hydrogen-bond donors (Lipinski definition) is 1. The van der Waals surface area contributed by atoms with Gasteiger partial charge >= 0.3 is 0 Å². The van der Waals surface area contributed by atoms with Gasteiger partial charge in [0.25, 0.3) is 0 Å². The van der Waals surface area contributed by atoms with Gasteiger partial charge in [-0.15, -0.1) is 0 Å². The van der Waals surface area contributed by atoms with Gasteiger partial charge in [-0.05, 0) is 51.7 Å². The lowest BCUT2D eigenvalue weighted by molar-refractivity contribution is -0.125. The van der Waals surface area contributed by atoms with Crippen LogP contribution < -0.4 is 5.32 Å². The molecule has 0 aromatic carbocycles. The monoisotopic (exact) mass is 254 g/mol. The predicted molar refractivity (Wildman–Crippen MR) is 76.6 cm³/mol.